The minimum absolute atomic E-state index is 0.317. The Morgan fingerprint density at radius 3 is 2.82 bits per heavy atom. The molecule has 2 aliphatic rings. The van der Waals surface area contributed by atoms with Gasteiger partial charge in [-0.05, 0) is 36.3 Å². The SMILES string of the molecule is CN1C[C@H]2c3ccccc3CC[C@@H]2CCC1=O. The Morgan fingerprint density at radius 2 is 1.94 bits per heavy atom. The van der Waals surface area contributed by atoms with Gasteiger partial charge in [-0.25, -0.2) is 0 Å². The smallest absolute Gasteiger partial charge is 0.222 e. The van der Waals surface area contributed by atoms with E-state index in [1.54, 1.807) is 0 Å². The highest BCUT2D eigenvalue weighted by atomic mass is 16.2. The van der Waals surface area contributed by atoms with Gasteiger partial charge in [-0.3, -0.25) is 4.79 Å². The highest BCUT2D eigenvalue weighted by Gasteiger charge is 2.33. The van der Waals surface area contributed by atoms with Crippen LogP contribution in [0.5, 0.6) is 0 Å². The van der Waals surface area contributed by atoms with Gasteiger partial charge in [-0.1, -0.05) is 24.3 Å². The molecule has 0 saturated carbocycles. The fraction of sp³-hybridized carbons (Fsp3) is 0.533. The van der Waals surface area contributed by atoms with E-state index in [2.05, 4.69) is 24.3 Å². The first kappa shape index (κ1) is 10.8. The number of fused-ring (bicyclic) bond motifs is 3. The minimum Gasteiger partial charge on any atom is -0.345 e. The van der Waals surface area contributed by atoms with Crippen molar-refractivity contribution < 1.29 is 4.79 Å². The summed E-state index contributed by atoms with van der Waals surface area (Å²) in [4.78, 5) is 13.7. The lowest BCUT2D eigenvalue weighted by Crippen LogP contribution is -2.31. The van der Waals surface area contributed by atoms with Crippen molar-refractivity contribution in [3.8, 4) is 0 Å². The number of carbonyl (C=O) groups excluding carboxylic acids is 1. The van der Waals surface area contributed by atoms with E-state index in [0.717, 1.165) is 19.4 Å². The topological polar surface area (TPSA) is 20.3 Å². The van der Waals surface area contributed by atoms with Crippen molar-refractivity contribution in [3.63, 3.8) is 0 Å². The summed E-state index contributed by atoms with van der Waals surface area (Å²) in [5.74, 6) is 1.59. The van der Waals surface area contributed by atoms with Gasteiger partial charge in [0, 0.05) is 25.9 Å². The molecule has 0 unspecified atom stereocenters. The number of carbonyl (C=O) groups is 1. The Balaban J connectivity index is 1.97. The van der Waals surface area contributed by atoms with Crippen LogP contribution in [0, 0.1) is 5.92 Å². The van der Waals surface area contributed by atoms with Gasteiger partial charge in [0.2, 0.25) is 5.91 Å². The zero-order chi connectivity index (χ0) is 11.8. The summed E-state index contributed by atoms with van der Waals surface area (Å²) in [6.07, 6.45) is 4.25. The highest BCUT2D eigenvalue weighted by molar-refractivity contribution is 5.76. The van der Waals surface area contributed by atoms with Crippen molar-refractivity contribution in [2.45, 2.75) is 31.6 Å². The summed E-state index contributed by atoms with van der Waals surface area (Å²) >= 11 is 0. The number of nitrogens with zero attached hydrogens (tertiary/aromatic N) is 1. The van der Waals surface area contributed by atoms with E-state index in [1.165, 1.54) is 24.0 Å². The van der Waals surface area contributed by atoms with Gasteiger partial charge in [0.1, 0.15) is 0 Å². The minimum atomic E-state index is 0.317. The van der Waals surface area contributed by atoms with Gasteiger partial charge in [0.25, 0.3) is 0 Å². The van der Waals surface area contributed by atoms with Gasteiger partial charge in [0.05, 0.1) is 0 Å². The van der Waals surface area contributed by atoms with Crippen LogP contribution in [0.2, 0.25) is 0 Å². The maximum Gasteiger partial charge on any atom is 0.222 e. The lowest BCUT2D eigenvalue weighted by molar-refractivity contribution is -0.129. The average Bonchev–Trinajstić information content (AvgIpc) is 2.50. The summed E-state index contributed by atoms with van der Waals surface area (Å²) in [5.41, 5.74) is 2.99. The number of benzene rings is 1. The van der Waals surface area contributed by atoms with Gasteiger partial charge in [-0.15, -0.1) is 0 Å². The molecule has 1 amide bonds. The molecule has 2 nitrogen and oxygen atoms in total. The molecule has 0 spiro atoms. The third-order valence-electron chi connectivity index (χ3n) is 4.43. The number of likely N-dealkylation sites (tertiary alicyclic amines) is 1. The third kappa shape index (κ3) is 1.86. The van der Waals surface area contributed by atoms with Gasteiger partial charge in [0.15, 0.2) is 0 Å². The molecule has 0 N–H and O–H groups in total. The fourth-order valence-corrected chi connectivity index (χ4v) is 3.41. The first-order valence-corrected chi connectivity index (χ1v) is 6.57. The maximum absolute atomic E-state index is 11.8. The van der Waals surface area contributed by atoms with Crippen molar-refractivity contribution in [1.82, 2.24) is 4.90 Å². The quantitative estimate of drug-likeness (QED) is 0.669. The third-order valence-corrected chi connectivity index (χ3v) is 4.43. The molecule has 0 bridgehead atoms. The number of hydrogen-bond donors (Lipinski definition) is 0. The predicted octanol–water partition coefficient (Wildman–Crippen LogP) is 2.58. The number of aryl methyl sites for hydroxylation is 1. The Labute approximate surface area is 103 Å². The summed E-state index contributed by atoms with van der Waals surface area (Å²) < 4.78 is 0. The molecule has 1 fully saturated rings. The molecule has 1 aliphatic heterocycles. The molecule has 1 aliphatic carbocycles. The second-order valence-corrected chi connectivity index (χ2v) is 5.42. The van der Waals surface area contributed by atoms with Crippen LogP contribution in [-0.4, -0.2) is 24.4 Å². The van der Waals surface area contributed by atoms with Crippen LogP contribution < -0.4 is 0 Å². The first-order valence-electron chi connectivity index (χ1n) is 6.57. The summed E-state index contributed by atoms with van der Waals surface area (Å²) in [6, 6.07) is 8.77. The predicted molar refractivity (Wildman–Crippen MR) is 67.9 cm³/mol. The zero-order valence-electron chi connectivity index (χ0n) is 10.4. The second-order valence-electron chi connectivity index (χ2n) is 5.42. The number of hydrogen-bond acceptors (Lipinski definition) is 1. The molecule has 90 valence electrons. The van der Waals surface area contributed by atoms with Crippen molar-refractivity contribution >= 4 is 5.91 Å². The molecular formula is C15H19NO. The Morgan fingerprint density at radius 1 is 1.18 bits per heavy atom. The number of amides is 1. The molecule has 0 aromatic heterocycles. The van der Waals surface area contributed by atoms with E-state index in [-0.39, 0.29) is 0 Å². The van der Waals surface area contributed by atoms with Crippen LogP contribution in [0.3, 0.4) is 0 Å². The molecule has 1 aromatic carbocycles. The highest BCUT2D eigenvalue weighted by Crippen LogP contribution is 2.40. The van der Waals surface area contributed by atoms with Crippen molar-refractivity contribution in [2.24, 2.45) is 5.92 Å². The molecule has 0 radical (unpaired) electrons. The monoisotopic (exact) mass is 229 g/mol. The van der Waals surface area contributed by atoms with Gasteiger partial charge >= 0.3 is 0 Å². The van der Waals surface area contributed by atoms with E-state index in [4.69, 9.17) is 0 Å². The van der Waals surface area contributed by atoms with Crippen molar-refractivity contribution in [2.75, 3.05) is 13.6 Å². The van der Waals surface area contributed by atoms with E-state index in [1.807, 2.05) is 11.9 Å². The summed E-state index contributed by atoms with van der Waals surface area (Å²) in [5, 5.41) is 0. The molecular weight excluding hydrogens is 210 g/mol. The largest absolute Gasteiger partial charge is 0.345 e. The zero-order valence-corrected chi connectivity index (χ0v) is 10.4. The number of likely N-dealkylation sites (N-methyl/N-ethyl adjacent to an activating group) is 1. The van der Waals surface area contributed by atoms with E-state index in [0.29, 0.717) is 17.7 Å². The van der Waals surface area contributed by atoms with Crippen LogP contribution >= 0.6 is 0 Å². The summed E-state index contributed by atoms with van der Waals surface area (Å²) in [7, 11) is 1.95. The van der Waals surface area contributed by atoms with Crippen LogP contribution in [0.4, 0.5) is 0 Å². The Kier molecular flexibility index (Phi) is 2.65. The van der Waals surface area contributed by atoms with Crippen molar-refractivity contribution in [1.29, 1.82) is 0 Å². The van der Waals surface area contributed by atoms with Gasteiger partial charge < -0.3 is 4.90 Å². The van der Waals surface area contributed by atoms with Crippen LogP contribution in [-0.2, 0) is 11.2 Å². The summed E-state index contributed by atoms with van der Waals surface area (Å²) in [6.45, 7) is 0.903. The van der Waals surface area contributed by atoms with E-state index in [9.17, 15) is 4.79 Å². The first-order chi connectivity index (χ1) is 8.25. The average molecular weight is 229 g/mol. The standard InChI is InChI=1S/C15H19NO/c1-16-10-14-12(8-9-15(16)17)7-6-11-4-2-3-5-13(11)14/h2-5,12,14H,6-10H2,1H3/t12-,14-/m1/s1. The van der Waals surface area contributed by atoms with Gasteiger partial charge in [-0.2, -0.15) is 0 Å². The maximum atomic E-state index is 11.8. The lowest BCUT2D eigenvalue weighted by Gasteiger charge is -2.33. The lowest BCUT2D eigenvalue weighted by atomic mass is 9.74. The molecule has 1 saturated heterocycles. The van der Waals surface area contributed by atoms with E-state index < -0.39 is 0 Å². The van der Waals surface area contributed by atoms with Crippen molar-refractivity contribution in [3.05, 3.63) is 35.4 Å². The molecule has 1 heterocycles. The normalized spacial score (nSPS) is 28.3. The van der Waals surface area contributed by atoms with E-state index >= 15 is 0 Å². The molecule has 2 atom stereocenters. The fourth-order valence-electron chi connectivity index (χ4n) is 3.41. The molecule has 2 heteroatoms. The molecule has 1 aromatic rings. The number of rotatable bonds is 0. The van der Waals surface area contributed by atoms with Crippen LogP contribution in [0.1, 0.15) is 36.3 Å². The molecule has 3 rings (SSSR count). The van der Waals surface area contributed by atoms with Crippen LogP contribution in [0.15, 0.2) is 24.3 Å². The second kappa shape index (κ2) is 4.17. The Hall–Kier alpha value is -1.31. The Bertz CT molecular complexity index is 440. The molecule has 17 heavy (non-hydrogen) atoms. The van der Waals surface area contributed by atoms with Crippen LogP contribution in [0.25, 0.3) is 0 Å².